The third-order valence-electron chi connectivity index (χ3n) is 2.87. The van der Waals surface area contributed by atoms with Gasteiger partial charge in [0.2, 0.25) is 0 Å². The highest BCUT2D eigenvalue weighted by Gasteiger charge is 2.02. The number of rotatable bonds is 7. The molecule has 0 fully saturated rings. The standard InChI is InChI=1S/C16H21NO2/c1-3-8-17-10-14-9-16(18-11-14)12-19-15-6-4-13(2)5-7-15/h4-7,9,11,17H,3,8,10,12H2,1-2H3. The Labute approximate surface area is 114 Å². The summed E-state index contributed by atoms with van der Waals surface area (Å²) in [7, 11) is 0. The highest BCUT2D eigenvalue weighted by atomic mass is 16.5. The Morgan fingerprint density at radius 2 is 2.00 bits per heavy atom. The van der Waals surface area contributed by atoms with Gasteiger partial charge in [-0.2, -0.15) is 0 Å². The maximum absolute atomic E-state index is 5.67. The highest BCUT2D eigenvalue weighted by Crippen LogP contribution is 2.15. The minimum absolute atomic E-state index is 0.469. The second-order valence-electron chi connectivity index (χ2n) is 4.70. The van der Waals surface area contributed by atoms with E-state index in [0.29, 0.717) is 6.61 Å². The van der Waals surface area contributed by atoms with Crippen molar-refractivity contribution in [2.75, 3.05) is 6.54 Å². The van der Waals surface area contributed by atoms with Crippen molar-refractivity contribution < 1.29 is 9.15 Å². The predicted molar refractivity (Wildman–Crippen MR) is 76.2 cm³/mol. The van der Waals surface area contributed by atoms with Crippen LogP contribution in [0.1, 0.15) is 30.2 Å². The first kappa shape index (κ1) is 13.7. The Morgan fingerprint density at radius 3 is 2.74 bits per heavy atom. The van der Waals surface area contributed by atoms with Crippen LogP contribution in [-0.2, 0) is 13.2 Å². The first-order chi connectivity index (χ1) is 9.28. The van der Waals surface area contributed by atoms with Gasteiger partial charge in [-0.3, -0.25) is 0 Å². The van der Waals surface area contributed by atoms with Crippen LogP contribution in [0.5, 0.6) is 5.75 Å². The molecule has 2 rings (SSSR count). The van der Waals surface area contributed by atoms with Crippen LogP contribution in [0.2, 0.25) is 0 Å². The molecule has 0 amide bonds. The van der Waals surface area contributed by atoms with Gasteiger partial charge in [0.15, 0.2) is 0 Å². The fourth-order valence-corrected chi connectivity index (χ4v) is 1.79. The first-order valence-corrected chi connectivity index (χ1v) is 6.74. The third kappa shape index (κ3) is 4.45. The molecule has 102 valence electrons. The summed E-state index contributed by atoms with van der Waals surface area (Å²) in [6.07, 6.45) is 2.93. The van der Waals surface area contributed by atoms with Crippen LogP contribution < -0.4 is 10.1 Å². The van der Waals surface area contributed by atoms with Crippen molar-refractivity contribution in [2.24, 2.45) is 0 Å². The molecule has 0 aliphatic rings. The van der Waals surface area contributed by atoms with E-state index in [1.165, 1.54) is 5.56 Å². The SMILES string of the molecule is CCCNCc1coc(COc2ccc(C)cc2)c1. The van der Waals surface area contributed by atoms with E-state index in [0.717, 1.165) is 36.6 Å². The molecule has 2 aromatic rings. The quantitative estimate of drug-likeness (QED) is 0.770. The van der Waals surface area contributed by atoms with Crippen molar-refractivity contribution in [3.8, 4) is 5.75 Å². The summed E-state index contributed by atoms with van der Waals surface area (Å²) in [6.45, 7) is 6.56. The van der Waals surface area contributed by atoms with E-state index in [1.54, 1.807) is 6.26 Å². The lowest BCUT2D eigenvalue weighted by Gasteiger charge is -2.03. The lowest BCUT2D eigenvalue weighted by atomic mass is 10.2. The minimum Gasteiger partial charge on any atom is -0.486 e. The van der Waals surface area contributed by atoms with Gasteiger partial charge in [-0.05, 0) is 38.1 Å². The average Bonchev–Trinajstić information content (AvgIpc) is 2.86. The molecule has 0 aliphatic carbocycles. The molecule has 0 radical (unpaired) electrons. The largest absolute Gasteiger partial charge is 0.486 e. The van der Waals surface area contributed by atoms with E-state index in [2.05, 4.69) is 19.2 Å². The van der Waals surface area contributed by atoms with Crippen molar-refractivity contribution in [3.05, 3.63) is 53.5 Å². The molecule has 0 atom stereocenters. The van der Waals surface area contributed by atoms with Crippen molar-refractivity contribution >= 4 is 0 Å². The Hall–Kier alpha value is -1.74. The number of benzene rings is 1. The topological polar surface area (TPSA) is 34.4 Å². The van der Waals surface area contributed by atoms with E-state index in [4.69, 9.17) is 9.15 Å². The summed E-state index contributed by atoms with van der Waals surface area (Å²) in [5, 5.41) is 3.34. The smallest absolute Gasteiger partial charge is 0.146 e. The molecule has 1 heterocycles. The molecule has 1 N–H and O–H groups in total. The molecule has 0 saturated carbocycles. The fraction of sp³-hybridized carbons (Fsp3) is 0.375. The van der Waals surface area contributed by atoms with Gasteiger partial charge in [0, 0.05) is 12.1 Å². The van der Waals surface area contributed by atoms with Crippen LogP contribution in [0.3, 0.4) is 0 Å². The van der Waals surface area contributed by atoms with Gasteiger partial charge >= 0.3 is 0 Å². The molecule has 19 heavy (non-hydrogen) atoms. The summed E-state index contributed by atoms with van der Waals surface area (Å²) in [5.41, 5.74) is 2.39. The predicted octanol–water partition coefficient (Wildman–Crippen LogP) is 3.67. The number of furan rings is 1. The number of hydrogen-bond acceptors (Lipinski definition) is 3. The molecular formula is C16H21NO2. The highest BCUT2D eigenvalue weighted by molar-refractivity contribution is 5.26. The van der Waals surface area contributed by atoms with E-state index in [1.807, 2.05) is 30.3 Å². The summed E-state index contributed by atoms with van der Waals surface area (Å²) < 4.78 is 11.1. The van der Waals surface area contributed by atoms with Crippen molar-refractivity contribution in [2.45, 2.75) is 33.4 Å². The molecule has 3 heteroatoms. The average molecular weight is 259 g/mol. The third-order valence-corrected chi connectivity index (χ3v) is 2.87. The minimum atomic E-state index is 0.469. The molecule has 0 bridgehead atoms. The maximum atomic E-state index is 5.67. The lowest BCUT2D eigenvalue weighted by molar-refractivity contribution is 0.270. The number of nitrogens with one attached hydrogen (secondary N) is 1. The Bertz CT molecular complexity index is 488. The van der Waals surface area contributed by atoms with Crippen molar-refractivity contribution in [3.63, 3.8) is 0 Å². The molecule has 0 aliphatic heterocycles. The molecule has 1 aromatic carbocycles. The molecule has 0 saturated heterocycles. The van der Waals surface area contributed by atoms with Gasteiger partial charge in [-0.1, -0.05) is 24.6 Å². The van der Waals surface area contributed by atoms with Gasteiger partial charge in [0.1, 0.15) is 18.1 Å². The zero-order chi connectivity index (χ0) is 13.5. The van der Waals surface area contributed by atoms with E-state index in [9.17, 15) is 0 Å². The first-order valence-electron chi connectivity index (χ1n) is 6.74. The van der Waals surface area contributed by atoms with Crippen LogP contribution in [0.15, 0.2) is 41.0 Å². The van der Waals surface area contributed by atoms with E-state index < -0.39 is 0 Å². The zero-order valence-electron chi connectivity index (χ0n) is 11.6. The van der Waals surface area contributed by atoms with Crippen molar-refractivity contribution in [1.82, 2.24) is 5.32 Å². The van der Waals surface area contributed by atoms with Gasteiger partial charge in [0.05, 0.1) is 6.26 Å². The van der Waals surface area contributed by atoms with Crippen LogP contribution >= 0.6 is 0 Å². The number of ether oxygens (including phenoxy) is 1. The Morgan fingerprint density at radius 1 is 1.21 bits per heavy atom. The molecule has 3 nitrogen and oxygen atoms in total. The molecular weight excluding hydrogens is 238 g/mol. The number of hydrogen-bond donors (Lipinski definition) is 1. The van der Waals surface area contributed by atoms with Crippen LogP contribution in [0.4, 0.5) is 0 Å². The van der Waals surface area contributed by atoms with E-state index >= 15 is 0 Å². The van der Waals surface area contributed by atoms with E-state index in [-0.39, 0.29) is 0 Å². The molecule has 0 unspecified atom stereocenters. The summed E-state index contributed by atoms with van der Waals surface area (Å²) in [5.74, 6) is 1.72. The lowest BCUT2D eigenvalue weighted by Crippen LogP contribution is -2.13. The monoisotopic (exact) mass is 259 g/mol. The fourth-order valence-electron chi connectivity index (χ4n) is 1.79. The van der Waals surface area contributed by atoms with Crippen LogP contribution in [0, 0.1) is 6.92 Å². The Balaban J connectivity index is 1.81. The summed E-state index contributed by atoms with van der Waals surface area (Å²) in [6, 6.07) is 10.1. The van der Waals surface area contributed by atoms with Gasteiger partial charge in [-0.25, -0.2) is 0 Å². The van der Waals surface area contributed by atoms with Crippen molar-refractivity contribution in [1.29, 1.82) is 0 Å². The summed E-state index contributed by atoms with van der Waals surface area (Å²) >= 11 is 0. The second kappa shape index (κ2) is 7.00. The van der Waals surface area contributed by atoms with Gasteiger partial charge in [0.25, 0.3) is 0 Å². The molecule has 0 spiro atoms. The zero-order valence-corrected chi connectivity index (χ0v) is 11.6. The van der Waals surface area contributed by atoms with Crippen LogP contribution in [0.25, 0.3) is 0 Å². The second-order valence-corrected chi connectivity index (χ2v) is 4.70. The maximum Gasteiger partial charge on any atom is 0.146 e. The summed E-state index contributed by atoms with van der Waals surface area (Å²) in [4.78, 5) is 0. The van der Waals surface area contributed by atoms with Gasteiger partial charge in [-0.15, -0.1) is 0 Å². The normalized spacial score (nSPS) is 10.6. The van der Waals surface area contributed by atoms with Gasteiger partial charge < -0.3 is 14.5 Å². The number of aryl methyl sites for hydroxylation is 1. The molecule has 1 aromatic heterocycles. The van der Waals surface area contributed by atoms with Crippen LogP contribution in [-0.4, -0.2) is 6.54 Å². The Kier molecular flexibility index (Phi) is 5.04.